The molecule has 0 spiro atoms. The summed E-state index contributed by atoms with van der Waals surface area (Å²) in [6.45, 7) is 7.06. The maximum atomic E-state index is 11.9. The highest BCUT2D eigenvalue weighted by Crippen LogP contribution is 2.20. The number of methoxy groups -OCH3 is 1. The van der Waals surface area contributed by atoms with Crippen LogP contribution in [0.1, 0.15) is 17.3 Å². The lowest BCUT2D eigenvalue weighted by molar-refractivity contribution is 0.0602. The molecule has 1 fully saturated rings. The molecule has 0 bridgehead atoms. The van der Waals surface area contributed by atoms with Gasteiger partial charge in [-0.25, -0.2) is 4.79 Å². The number of carbonyl (C=O) groups excluding carboxylic acids is 1. The Labute approximate surface area is 146 Å². The van der Waals surface area contributed by atoms with Gasteiger partial charge in [-0.05, 0) is 18.7 Å². The number of anilines is 3. The molecule has 2 heterocycles. The van der Waals surface area contributed by atoms with E-state index in [1.54, 1.807) is 24.4 Å². The van der Waals surface area contributed by atoms with Gasteiger partial charge >= 0.3 is 5.97 Å². The minimum Gasteiger partial charge on any atom is -0.465 e. The van der Waals surface area contributed by atoms with E-state index < -0.39 is 5.97 Å². The van der Waals surface area contributed by atoms with Crippen LogP contribution in [0.4, 0.5) is 17.5 Å². The van der Waals surface area contributed by atoms with Gasteiger partial charge in [-0.2, -0.15) is 10.1 Å². The first-order valence-electron chi connectivity index (χ1n) is 8.32. The summed E-state index contributed by atoms with van der Waals surface area (Å²) in [7, 11) is 1.35. The first-order chi connectivity index (χ1) is 12.2. The average molecular weight is 342 g/mol. The summed E-state index contributed by atoms with van der Waals surface area (Å²) < 4.78 is 4.81. The number of para-hydroxylation sites is 1. The summed E-state index contributed by atoms with van der Waals surface area (Å²) in [6, 6.07) is 7.08. The van der Waals surface area contributed by atoms with Crippen molar-refractivity contribution in [3.8, 4) is 0 Å². The number of nitrogens with one attached hydrogen (secondary N) is 1. The van der Waals surface area contributed by atoms with Gasteiger partial charge in [-0.1, -0.05) is 19.1 Å². The van der Waals surface area contributed by atoms with Gasteiger partial charge in [-0.3, -0.25) is 0 Å². The Hall–Kier alpha value is -2.74. The van der Waals surface area contributed by atoms with Crippen LogP contribution >= 0.6 is 0 Å². The molecule has 3 rings (SSSR count). The third kappa shape index (κ3) is 4.03. The predicted octanol–water partition coefficient (Wildman–Crippen LogP) is 1.54. The molecule has 0 unspecified atom stereocenters. The fourth-order valence-corrected chi connectivity index (χ4v) is 2.79. The van der Waals surface area contributed by atoms with Gasteiger partial charge in [0.05, 0.1) is 24.6 Å². The minimum absolute atomic E-state index is 0.353. The summed E-state index contributed by atoms with van der Waals surface area (Å²) in [4.78, 5) is 21.0. The van der Waals surface area contributed by atoms with Gasteiger partial charge in [0.15, 0.2) is 5.82 Å². The number of aromatic nitrogens is 3. The standard InChI is InChI=1S/C17H22N6O2/c1-3-22-8-10-23(11-9-22)15-12-18-21-17(20-15)19-14-7-5-4-6-13(14)16(24)25-2/h4-7,12H,3,8-11H2,1-2H3,(H,19,20,21). The van der Waals surface area contributed by atoms with E-state index in [2.05, 4.69) is 37.2 Å². The zero-order valence-corrected chi connectivity index (χ0v) is 14.5. The molecule has 1 aromatic carbocycles. The van der Waals surface area contributed by atoms with Crippen LogP contribution in [0, 0.1) is 0 Å². The normalized spacial score (nSPS) is 15.0. The second-order valence-electron chi connectivity index (χ2n) is 5.72. The van der Waals surface area contributed by atoms with Crippen LogP contribution in [-0.4, -0.2) is 65.9 Å². The van der Waals surface area contributed by atoms with Crippen LogP contribution in [0.3, 0.4) is 0 Å². The van der Waals surface area contributed by atoms with Crippen molar-refractivity contribution in [3.05, 3.63) is 36.0 Å². The molecule has 132 valence electrons. The average Bonchev–Trinajstić information content (AvgIpc) is 2.68. The minimum atomic E-state index is -0.414. The molecule has 1 aliphatic heterocycles. The lowest BCUT2D eigenvalue weighted by atomic mass is 10.2. The van der Waals surface area contributed by atoms with Gasteiger partial charge in [-0.15, -0.1) is 5.10 Å². The molecule has 1 N–H and O–H groups in total. The molecule has 2 aromatic rings. The van der Waals surface area contributed by atoms with E-state index in [1.165, 1.54) is 7.11 Å². The van der Waals surface area contributed by atoms with E-state index >= 15 is 0 Å². The zero-order valence-electron chi connectivity index (χ0n) is 14.5. The number of hydrogen-bond acceptors (Lipinski definition) is 8. The molecule has 0 radical (unpaired) electrons. The number of esters is 1. The second-order valence-corrected chi connectivity index (χ2v) is 5.72. The Morgan fingerprint density at radius 1 is 1.24 bits per heavy atom. The van der Waals surface area contributed by atoms with Gasteiger partial charge < -0.3 is 19.9 Å². The Morgan fingerprint density at radius 3 is 2.72 bits per heavy atom. The highest BCUT2D eigenvalue weighted by molar-refractivity contribution is 5.96. The number of hydrogen-bond donors (Lipinski definition) is 1. The molecule has 8 heteroatoms. The molecular weight excluding hydrogens is 320 g/mol. The lowest BCUT2D eigenvalue weighted by Crippen LogP contribution is -2.46. The summed E-state index contributed by atoms with van der Waals surface area (Å²) >= 11 is 0. The molecule has 1 saturated heterocycles. The van der Waals surface area contributed by atoms with Crippen molar-refractivity contribution in [1.82, 2.24) is 20.1 Å². The molecule has 1 aromatic heterocycles. The Balaban J connectivity index is 1.76. The first-order valence-corrected chi connectivity index (χ1v) is 8.32. The van der Waals surface area contributed by atoms with Gasteiger partial charge in [0.25, 0.3) is 0 Å². The monoisotopic (exact) mass is 342 g/mol. The van der Waals surface area contributed by atoms with Crippen molar-refractivity contribution in [1.29, 1.82) is 0 Å². The van der Waals surface area contributed by atoms with Crippen molar-refractivity contribution >= 4 is 23.4 Å². The van der Waals surface area contributed by atoms with Crippen LogP contribution in [0.15, 0.2) is 30.5 Å². The molecule has 1 aliphatic rings. The largest absolute Gasteiger partial charge is 0.465 e. The third-order valence-electron chi connectivity index (χ3n) is 4.27. The van der Waals surface area contributed by atoms with E-state index in [0.29, 0.717) is 17.2 Å². The number of nitrogens with zero attached hydrogens (tertiary/aromatic N) is 5. The molecule has 0 aliphatic carbocycles. The second kappa shape index (κ2) is 7.89. The SMILES string of the molecule is CCN1CCN(c2cnnc(Nc3ccccc3C(=O)OC)n2)CC1. The van der Waals surface area contributed by atoms with Crippen molar-refractivity contribution < 1.29 is 9.53 Å². The quantitative estimate of drug-likeness (QED) is 0.820. The van der Waals surface area contributed by atoms with Gasteiger partial charge in [0.2, 0.25) is 5.95 Å². The molecular formula is C17H22N6O2. The number of ether oxygens (including phenoxy) is 1. The molecule has 25 heavy (non-hydrogen) atoms. The van der Waals surface area contributed by atoms with Gasteiger partial charge in [0, 0.05) is 26.2 Å². The Bertz CT molecular complexity index is 731. The summed E-state index contributed by atoms with van der Waals surface area (Å²) in [5.74, 6) is 0.721. The topological polar surface area (TPSA) is 83.5 Å². The maximum absolute atomic E-state index is 11.9. The molecule has 8 nitrogen and oxygen atoms in total. The highest BCUT2D eigenvalue weighted by atomic mass is 16.5. The summed E-state index contributed by atoms with van der Waals surface area (Å²) in [6.07, 6.45) is 1.67. The number of carbonyl (C=O) groups is 1. The lowest BCUT2D eigenvalue weighted by Gasteiger charge is -2.34. The highest BCUT2D eigenvalue weighted by Gasteiger charge is 2.18. The zero-order chi connectivity index (χ0) is 17.6. The first kappa shape index (κ1) is 17.1. The van der Waals surface area contributed by atoms with Crippen molar-refractivity contribution in [2.45, 2.75) is 6.92 Å². The number of rotatable bonds is 5. The number of benzene rings is 1. The van der Waals surface area contributed by atoms with E-state index in [4.69, 9.17) is 4.74 Å². The fraction of sp³-hybridized carbons (Fsp3) is 0.412. The van der Waals surface area contributed by atoms with Crippen LogP contribution in [-0.2, 0) is 4.74 Å². The van der Waals surface area contributed by atoms with Crippen LogP contribution in [0.5, 0.6) is 0 Å². The van der Waals surface area contributed by atoms with Crippen LogP contribution in [0.2, 0.25) is 0 Å². The molecule has 0 saturated carbocycles. The fourth-order valence-electron chi connectivity index (χ4n) is 2.79. The molecule has 0 amide bonds. The third-order valence-corrected chi connectivity index (χ3v) is 4.27. The van der Waals surface area contributed by atoms with E-state index in [9.17, 15) is 4.79 Å². The number of likely N-dealkylation sites (N-methyl/N-ethyl adjacent to an activating group) is 1. The smallest absolute Gasteiger partial charge is 0.339 e. The van der Waals surface area contributed by atoms with Crippen LogP contribution in [0.25, 0.3) is 0 Å². The van der Waals surface area contributed by atoms with Crippen molar-refractivity contribution in [2.24, 2.45) is 0 Å². The Kier molecular flexibility index (Phi) is 5.39. The van der Waals surface area contributed by atoms with Gasteiger partial charge in [0.1, 0.15) is 0 Å². The number of piperazine rings is 1. The van der Waals surface area contributed by atoms with Crippen molar-refractivity contribution in [2.75, 3.05) is 50.1 Å². The summed E-state index contributed by atoms with van der Waals surface area (Å²) in [5.41, 5.74) is 1.01. The van der Waals surface area contributed by atoms with Crippen LogP contribution < -0.4 is 10.2 Å². The Morgan fingerprint density at radius 2 is 2.00 bits per heavy atom. The van der Waals surface area contributed by atoms with E-state index in [-0.39, 0.29) is 0 Å². The van der Waals surface area contributed by atoms with Crippen molar-refractivity contribution in [3.63, 3.8) is 0 Å². The summed E-state index contributed by atoms with van der Waals surface area (Å²) in [5, 5.41) is 11.1. The predicted molar refractivity (Wildman–Crippen MR) is 95.2 cm³/mol. The molecule has 0 atom stereocenters. The maximum Gasteiger partial charge on any atom is 0.339 e. The van der Waals surface area contributed by atoms with E-state index in [1.807, 2.05) is 6.07 Å². The van der Waals surface area contributed by atoms with E-state index in [0.717, 1.165) is 38.5 Å².